The molecule has 1 N–H and O–H groups in total. The van der Waals surface area contributed by atoms with Gasteiger partial charge in [0.2, 0.25) is 5.91 Å². The van der Waals surface area contributed by atoms with Crippen molar-refractivity contribution in [3.8, 4) is 0 Å². The first-order valence-corrected chi connectivity index (χ1v) is 3.65. The van der Waals surface area contributed by atoms with Gasteiger partial charge < -0.3 is 10.2 Å². The van der Waals surface area contributed by atoms with Crippen LogP contribution in [0.3, 0.4) is 0 Å². The van der Waals surface area contributed by atoms with Gasteiger partial charge in [-0.3, -0.25) is 4.79 Å². The third-order valence-electron chi connectivity index (χ3n) is 1.77. The Bertz CT molecular complexity index is 403. The van der Waals surface area contributed by atoms with Crippen LogP contribution in [0.2, 0.25) is 0 Å². The number of benzene rings is 1. The summed E-state index contributed by atoms with van der Waals surface area (Å²) >= 11 is 0. The van der Waals surface area contributed by atoms with Gasteiger partial charge in [0.25, 0.3) is 0 Å². The zero-order valence-corrected chi connectivity index (χ0v) is 6.37. The molecule has 1 amide bonds. The number of hydrogen-bond donors (Lipinski definition) is 1. The number of amides is 1. The maximum atomic E-state index is 11.3. The Hall–Kier alpha value is -1.51. The van der Waals surface area contributed by atoms with Gasteiger partial charge in [0.05, 0.1) is 17.9 Å². The topological polar surface area (TPSA) is 32.3 Å². The second kappa shape index (κ2) is 2.52. The van der Waals surface area contributed by atoms with Crippen molar-refractivity contribution in [2.75, 3.05) is 23.7 Å². The predicted molar refractivity (Wildman–Crippen MR) is 48.3 cm³/mol. The Kier molecular flexibility index (Phi) is 0.943. The van der Waals surface area contributed by atoms with Crippen LogP contribution in [0.15, 0.2) is 24.3 Å². The lowest BCUT2D eigenvalue weighted by molar-refractivity contribution is -0.115. The Morgan fingerprint density at radius 2 is 2.42 bits per heavy atom. The monoisotopic (exact) mass is 165 g/mol. The van der Waals surface area contributed by atoms with Gasteiger partial charge in [-0.25, -0.2) is 0 Å². The van der Waals surface area contributed by atoms with E-state index in [4.69, 9.17) is 4.11 Å². The van der Waals surface area contributed by atoms with Crippen molar-refractivity contribution in [3.05, 3.63) is 24.3 Å². The normalized spacial score (nSPS) is 20.2. The molecule has 0 saturated carbocycles. The number of para-hydroxylation sites is 2. The zero-order valence-electron chi connectivity index (χ0n) is 9.37. The molecule has 0 unspecified atom stereocenters. The van der Waals surface area contributed by atoms with Gasteiger partial charge in [0, 0.05) is 11.1 Å². The molecule has 2 rings (SSSR count). The zero-order chi connectivity index (χ0) is 11.1. The van der Waals surface area contributed by atoms with Gasteiger partial charge >= 0.3 is 0 Å². The lowest BCUT2D eigenvalue weighted by Gasteiger charge is -2.26. The van der Waals surface area contributed by atoms with E-state index in [2.05, 4.69) is 5.32 Å². The van der Waals surface area contributed by atoms with E-state index in [1.54, 1.807) is 24.3 Å². The second-order valence-corrected chi connectivity index (χ2v) is 2.65. The highest BCUT2D eigenvalue weighted by Crippen LogP contribution is 2.26. The number of nitrogens with one attached hydrogen (secondary N) is 1. The summed E-state index contributed by atoms with van der Waals surface area (Å²) in [5.41, 5.74) is 1.09. The maximum Gasteiger partial charge on any atom is 0.243 e. The van der Waals surface area contributed by atoms with Gasteiger partial charge in [-0.15, -0.1) is 0 Å². The molecule has 1 aromatic rings. The van der Waals surface area contributed by atoms with E-state index in [9.17, 15) is 4.79 Å². The smallest absolute Gasteiger partial charge is 0.243 e. The molecule has 0 radical (unpaired) electrons. The van der Waals surface area contributed by atoms with Crippen LogP contribution in [0, 0.1) is 0 Å². The number of carbonyl (C=O) groups excluding carboxylic acids is 1. The summed E-state index contributed by atoms with van der Waals surface area (Å²) in [5, 5.41) is 2.63. The number of carbonyl (C=O) groups is 1. The third kappa shape index (κ3) is 1.03. The van der Waals surface area contributed by atoms with Crippen molar-refractivity contribution in [1.29, 1.82) is 0 Å². The molecule has 3 heteroatoms. The minimum atomic E-state index is -2.28. The molecular weight excluding hydrogens is 152 g/mol. The van der Waals surface area contributed by atoms with Crippen LogP contribution in [0.5, 0.6) is 0 Å². The van der Waals surface area contributed by atoms with Crippen LogP contribution in [-0.4, -0.2) is 19.4 Å². The van der Waals surface area contributed by atoms with Crippen LogP contribution < -0.4 is 10.2 Å². The number of rotatable bonds is 0. The molecule has 1 heterocycles. The van der Waals surface area contributed by atoms with Gasteiger partial charge in [0.1, 0.15) is 0 Å². The number of anilines is 2. The molecule has 1 aliphatic rings. The summed E-state index contributed by atoms with van der Waals surface area (Å²) in [7, 11) is 0. The van der Waals surface area contributed by atoms with Gasteiger partial charge in [-0.1, -0.05) is 12.1 Å². The Balaban J connectivity index is 2.47. The molecule has 0 fully saturated rings. The first kappa shape index (κ1) is 4.50. The average Bonchev–Trinajstić information content (AvgIpc) is 2.15. The predicted octanol–water partition coefficient (Wildman–Crippen LogP) is 1.07. The van der Waals surface area contributed by atoms with E-state index in [0.29, 0.717) is 11.4 Å². The Morgan fingerprint density at radius 1 is 1.58 bits per heavy atom. The fraction of sp³-hybridized carbons (Fsp3) is 0.222. The highest BCUT2D eigenvalue weighted by Gasteiger charge is 2.17. The van der Waals surface area contributed by atoms with E-state index in [1.807, 2.05) is 0 Å². The maximum absolute atomic E-state index is 11.3. The molecule has 0 spiro atoms. The van der Waals surface area contributed by atoms with Crippen LogP contribution >= 0.6 is 0 Å². The highest BCUT2D eigenvalue weighted by molar-refractivity contribution is 6.00. The quantitative estimate of drug-likeness (QED) is 0.623. The molecule has 0 aromatic heterocycles. The standard InChI is InChI=1S/C9H10N2O/c1-11-6-9(12)10-7-4-2-3-5-8(7)11/h2-5H,6H2,1H3,(H,10,12)/i1D3. The summed E-state index contributed by atoms with van der Waals surface area (Å²) in [5.74, 6) is -0.301. The van der Waals surface area contributed by atoms with Crippen LogP contribution in [0.25, 0.3) is 0 Å². The third-order valence-corrected chi connectivity index (χ3v) is 1.77. The number of hydrogen-bond acceptors (Lipinski definition) is 2. The highest BCUT2D eigenvalue weighted by atomic mass is 16.2. The van der Waals surface area contributed by atoms with Crippen molar-refractivity contribution in [1.82, 2.24) is 0 Å². The SMILES string of the molecule is [2H]C([2H])([2H])N1CC(=O)Nc2ccccc21. The van der Waals surface area contributed by atoms with Crippen LogP contribution in [-0.2, 0) is 4.79 Å². The van der Waals surface area contributed by atoms with Gasteiger partial charge in [-0.2, -0.15) is 0 Å². The fourth-order valence-corrected chi connectivity index (χ4v) is 1.23. The molecule has 1 aliphatic heterocycles. The minimum absolute atomic E-state index is 0.131. The van der Waals surface area contributed by atoms with E-state index >= 15 is 0 Å². The van der Waals surface area contributed by atoms with Crippen molar-refractivity contribution in [2.24, 2.45) is 0 Å². The molecule has 1 aromatic carbocycles. The summed E-state index contributed by atoms with van der Waals surface area (Å²) in [6.45, 7) is -2.42. The minimum Gasteiger partial charge on any atom is -0.364 e. The van der Waals surface area contributed by atoms with Crippen LogP contribution in [0.4, 0.5) is 11.4 Å². The summed E-state index contributed by atoms with van der Waals surface area (Å²) in [6.07, 6.45) is 0. The first-order chi connectivity index (χ1) is 6.98. The van der Waals surface area contributed by atoms with E-state index in [-0.39, 0.29) is 12.5 Å². The number of likely N-dealkylation sites (N-methyl/N-ethyl adjacent to an activating group) is 1. The van der Waals surface area contributed by atoms with Crippen molar-refractivity contribution < 1.29 is 8.91 Å². The molecule has 0 bridgehead atoms. The first-order valence-electron chi connectivity index (χ1n) is 5.15. The van der Waals surface area contributed by atoms with Crippen LogP contribution in [0.1, 0.15) is 4.11 Å². The summed E-state index contributed by atoms with van der Waals surface area (Å²) in [4.78, 5) is 12.4. The van der Waals surface area contributed by atoms with Crippen molar-refractivity contribution in [2.45, 2.75) is 0 Å². The lowest BCUT2D eigenvalue weighted by Crippen LogP contribution is -2.35. The molecular formula is C9H10N2O. The van der Waals surface area contributed by atoms with Gasteiger partial charge in [-0.05, 0) is 12.1 Å². The fourth-order valence-electron chi connectivity index (χ4n) is 1.23. The van der Waals surface area contributed by atoms with Crippen molar-refractivity contribution >= 4 is 17.3 Å². The Labute approximate surface area is 75.2 Å². The lowest BCUT2D eigenvalue weighted by atomic mass is 10.2. The molecule has 12 heavy (non-hydrogen) atoms. The molecule has 62 valence electrons. The number of nitrogens with zero attached hydrogens (tertiary/aromatic N) is 1. The second-order valence-electron chi connectivity index (χ2n) is 2.65. The summed E-state index contributed by atoms with van der Waals surface area (Å²) < 4.78 is 22.0. The average molecular weight is 165 g/mol. The van der Waals surface area contributed by atoms with E-state index in [1.165, 1.54) is 0 Å². The van der Waals surface area contributed by atoms with E-state index < -0.39 is 6.98 Å². The summed E-state index contributed by atoms with van der Waals surface area (Å²) in [6, 6.07) is 6.86. The Morgan fingerprint density at radius 3 is 3.25 bits per heavy atom. The molecule has 3 nitrogen and oxygen atoms in total. The van der Waals surface area contributed by atoms with Crippen molar-refractivity contribution in [3.63, 3.8) is 0 Å². The number of fused-ring (bicyclic) bond motifs is 1. The molecule has 0 aliphatic carbocycles. The molecule has 0 atom stereocenters. The largest absolute Gasteiger partial charge is 0.364 e. The van der Waals surface area contributed by atoms with E-state index in [0.717, 1.165) is 4.90 Å². The molecule has 0 saturated heterocycles. The van der Waals surface area contributed by atoms with Gasteiger partial charge in [0.15, 0.2) is 0 Å².